The molecule has 1 aromatic heterocycles. The SMILES string of the molecule is COc1ccc(SCC(=O)Nc2sc3c(c2C#N)CC(C)(C)[NH2+]C3(C)C)cc1. The Kier molecular flexibility index (Phi) is 5.76. The van der Waals surface area contributed by atoms with E-state index in [1.165, 1.54) is 28.0 Å². The van der Waals surface area contributed by atoms with E-state index in [4.69, 9.17) is 4.74 Å². The molecular weight excluding hydrogens is 390 g/mol. The summed E-state index contributed by atoms with van der Waals surface area (Å²) in [5.74, 6) is 0.983. The molecule has 0 unspecified atom stereocenters. The molecule has 1 aliphatic rings. The van der Waals surface area contributed by atoms with E-state index >= 15 is 0 Å². The maximum atomic E-state index is 12.5. The van der Waals surface area contributed by atoms with Gasteiger partial charge in [0.05, 0.1) is 28.8 Å². The Morgan fingerprint density at radius 2 is 2.00 bits per heavy atom. The molecule has 1 amide bonds. The van der Waals surface area contributed by atoms with Gasteiger partial charge in [0.15, 0.2) is 0 Å². The number of fused-ring (bicyclic) bond motifs is 1. The number of hydrogen-bond acceptors (Lipinski definition) is 5. The van der Waals surface area contributed by atoms with Crippen molar-refractivity contribution in [2.24, 2.45) is 0 Å². The van der Waals surface area contributed by atoms with Gasteiger partial charge in [0, 0.05) is 11.3 Å². The first-order valence-electron chi connectivity index (χ1n) is 9.15. The van der Waals surface area contributed by atoms with Crippen molar-refractivity contribution in [3.63, 3.8) is 0 Å². The van der Waals surface area contributed by atoms with Crippen LogP contribution in [0.4, 0.5) is 5.00 Å². The van der Waals surface area contributed by atoms with Crippen LogP contribution in [0.25, 0.3) is 0 Å². The standard InChI is InChI=1S/C21H25N3O2S2/c1-20(2)10-15-16(11-22)19(28-18(15)21(3,4)24-20)23-17(25)12-27-14-8-6-13(26-5)7-9-14/h6-9,24H,10,12H2,1-5H3,(H,23,25)/p+1. The third-order valence-corrected chi connectivity index (χ3v) is 7.27. The molecule has 0 aliphatic carbocycles. The van der Waals surface area contributed by atoms with Crippen molar-refractivity contribution in [3.05, 3.63) is 40.3 Å². The number of hydrogen-bond donors (Lipinski definition) is 2. The molecule has 148 valence electrons. The topological polar surface area (TPSA) is 78.7 Å². The van der Waals surface area contributed by atoms with Crippen LogP contribution >= 0.6 is 23.1 Å². The van der Waals surface area contributed by atoms with E-state index in [9.17, 15) is 10.1 Å². The molecule has 0 spiro atoms. The van der Waals surface area contributed by atoms with Crippen LogP contribution < -0.4 is 15.4 Å². The smallest absolute Gasteiger partial charge is 0.235 e. The number of anilines is 1. The van der Waals surface area contributed by atoms with Crippen molar-refractivity contribution in [3.8, 4) is 11.8 Å². The molecule has 1 aliphatic heterocycles. The summed E-state index contributed by atoms with van der Waals surface area (Å²) in [6.45, 7) is 8.74. The van der Waals surface area contributed by atoms with Crippen molar-refractivity contribution in [1.29, 1.82) is 5.26 Å². The van der Waals surface area contributed by atoms with E-state index in [0.29, 0.717) is 16.3 Å². The lowest BCUT2D eigenvalue weighted by molar-refractivity contribution is -0.789. The van der Waals surface area contributed by atoms with Crippen LogP contribution in [0.2, 0.25) is 0 Å². The van der Waals surface area contributed by atoms with Gasteiger partial charge >= 0.3 is 0 Å². The number of rotatable bonds is 5. The van der Waals surface area contributed by atoms with Gasteiger partial charge in [0.1, 0.15) is 22.4 Å². The van der Waals surface area contributed by atoms with Crippen molar-refractivity contribution in [1.82, 2.24) is 0 Å². The fourth-order valence-electron chi connectivity index (χ4n) is 3.89. The maximum absolute atomic E-state index is 12.5. The first-order chi connectivity index (χ1) is 13.1. The number of methoxy groups -OCH3 is 1. The maximum Gasteiger partial charge on any atom is 0.235 e. The Morgan fingerprint density at radius 3 is 2.61 bits per heavy atom. The molecule has 0 saturated heterocycles. The van der Waals surface area contributed by atoms with Crippen LogP contribution in [-0.4, -0.2) is 24.3 Å². The van der Waals surface area contributed by atoms with E-state index in [1.54, 1.807) is 7.11 Å². The summed E-state index contributed by atoms with van der Waals surface area (Å²) >= 11 is 3.00. The molecule has 2 heterocycles. The number of thiophene rings is 1. The van der Waals surface area contributed by atoms with Crippen LogP contribution in [0.5, 0.6) is 5.75 Å². The monoisotopic (exact) mass is 416 g/mol. The Bertz CT molecular complexity index is 924. The molecule has 1 aromatic carbocycles. The molecule has 0 saturated carbocycles. The number of ether oxygens (including phenoxy) is 1. The molecule has 28 heavy (non-hydrogen) atoms. The van der Waals surface area contributed by atoms with Gasteiger partial charge in [-0.3, -0.25) is 4.79 Å². The van der Waals surface area contributed by atoms with Gasteiger partial charge in [-0.1, -0.05) is 0 Å². The van der Waals surface area contributed by atoms with Gasteiger partial charge in [-0.05, 0) is 57.5 Å². The molecule has 3 rings (SSSR count). The number of nitrogens with one attached hydrogen (secondary N) is 1. The Hall–Kier alpha value is -2.01. The minimum atomic E-state index is -0.117. The number of nitrogens with zero attached hydrogens (tertiary/aromatic N) is 1. The zero-order valence-electron chi connectivity index (χ0n) is 16.9. The summed E-state index contributed by atoms with van der Waals surface area (Å²) in [6.07, 6.45) is 0.821. The number of quaternary nitrogens is 1. The summed E-state index contributed by atoms with van der Waals surface area (Å²) in [6, 6.07) is 9.95. The largest absolute Gasteiger partial charge is 0.497 e. The molecule has 0 atom stereocenters. The van der Waals surface area contributed by atoms with Crippen LogP contribution in [0.3, 0.4) is 0 Å². The minimum Gasteiger partial charge on any atom is -0.497 e. The second-order valence-corrected chi connectivity index (χ2v) is 10.3. The Labute approximate surface area is 174 Å². The van der Waals surface area contributed by atoms with Crippen molar-refractivity contribution >= 4 is 34.0 Å². The van der Waals surface area contributed by atoms with Gasteiger partial charge in [0.25, 0.3) is 0 Å². The van der Waals surface area contributed by atoms with E-state index in [2.05, 4.69) is 44.4 Å². The summed E-state index contributed by atoms with van der Waals surface area (Å²) in [4.78, 5) is 14.7. The number of nitriles is 1. The normalized spacial score (nSPS) is 16.7. The highest BCUT2D eigenvalue weighted by molar-refractivity contribution is 8.00. The van der Waals surface area contributed by atoms with E-state index < -0.39 is 0 Å². The molecule has 7 heteroatoms. The van der Waals surface area contributed by atoms with E-state index in [-0.39, 0.29) is 17.0 Å². The van der Waals surface area contributed by atoms with Crippen molar-refractivity contribution < 1.29 is 14.8 Å². The third-order valence-electron chi connectivity index (χ3n) is 4.77. The number of amides is 1. The Balaban J connectivity index is 1.74. The lowest BCUT2D eigenvalue weighted by atomic mass is 9.81. The second kappa shape index (κ2) is 7.78. The van der Waals surface area contributed by atoms with Gasteiger partial charge in [0.2, 0.25) is 5.91 Å². The summed E-state index contributed by atoms with van der Waals surface area (Å²) in [5.41, 5.74) is 1.61. The van der Waals surface area contributed by atoms with Gasteiger partial charge in [-0.15, -0.1) is 23.1 Å². The summed E-state index contributed by atoms with van der Waals surface area (Å²) < 4.78 is 5.15. The van der Waals surface area contributed by atoms with E-state index in [1.807, 2.05) is 24.3 Å². The molecular formula is C21H26N3O2S2+. The number of carbonyl (C=O) groups excluding carboxylic acids is 1. The third kappa shape index (κ3) is 4.35. The minimum absolute atomic E-state index is 0.0225. The average molecular weight is 417 g/mol. The number of nitrogens with two attached hydrogens (primary N) is 1. The Morgan fingerprint density at radius 1 is 1.32 bits per heavy atom. The van der Waals surface area contributed by atoms with Crippen molar-refractivity contribution in [2.45, 2.75) is 50.1 Å². The molecule has 0 bridgehead atoms. The first kappa shape index (κ1) is 20.7. The van der Waals surface area contributed by atoms with Crippen LogP contribution in [0.1, 0.15) is 43.7 Å². The molecule has 2 aromatic rings. The summed E-state index contributed by atoms with van der Waals surface area (Å²) in [5, 5.41) is 15.8. The number of thioether (sulfide) groups is 1. The van der Waals surface area contributed by atoms with Crippen LogP contribution in [0, 0.1) is 11.3 Å². The highest BCUT2D eigenvalue weighted by atomic mass is 32.2. The van der Waals surface area contributed by atoms with Gasteiger partial charge in [-0.25, -0.2) is 0 Å². The highest BCUT2D eigenvalue weighted by Crippen LogP contribution is 2.41. The average Bonchev–Trinajstić information content (AvgIpc) is 2.96. The van der Waals surface area contributed by atoms with E-state index in [0.717, 1.165) is 22.6 Å². The second-order valence-electron chi connectivity index (χ2n) is 8.27. The van der Waals surface area contributed by atoms with Crippen LogP contribution in [0.15, 0.2) is 29.2 Å². The lowest BCUT2D eigenvalue weighted by Gasteiger charge is -2.38. The fraction of sp³-hybridized carbons (Fsp3) is 0.429. The fourth-order valence-corrected chi connectivity index (χ4v) is 5.85. The molecule has 3 N–H and O–H groups in total. The number of benzene rings is 1. The zero-order valence-corrected chi connectivity index (χ0v) is 18.5. The predicted molar refractivity (Wildman–Crippen MR) is 114 cm³/mol. The zero-order chi connectivity index (χ0) is 20.5. The molecule has 0 radical (unpaired) electrons. The van der Waals surface area contributed by atoms with Gasteiger partial charge in [-0.2, -0.15) is 5.26 Å². The number of carbonyl (C=O) groups is 1. The summed E-state index contributed by atoms with van der Waals surface area (Å²) in [7, 11) is 1.63. The van der Waals surface area contributed by atoms with Gasteiger partial charge < -0.3 is 15.4 Å². The first-order valence-corrected chi connectivity index (χ1v) is 11.0. The molecule has 0 fully saturated rings. The predicted octanol–water partition coefficient (Wildman–Crippen LogP) is 3.49. The molecule has 5 nitrogen and oxygen atoms in total. The highest BCUT2D eigenvalue weighted by Gasteiger charge is 2.44. The van der Waals surface area contributed by atoms with Crippen LogP contribution in [-0.2, 0) is 16.8 Å². The van der Waals surface area contributed by atoms with Crippen molar-refractivity contribution in [2.75, 3.05) is 18.2 Å². The lowest BCUT2D eigenvalue weighted by Crippen LogP contribution is -3.03. The quantitative estimate of drug-likeness (QED) is 0.732.